The average molecular weight is 240 g/mol. The second kappa shape index (κ2) is 7.92. The van der Waals surface area contributed by atoms with Crippen LogP contribution in [0, 0.1) is 23.7 Å². The molecular weight excluding hydrogens is 208 g/mol. The molecule has 17 heavy (non-hydrogen) atoms. The molecule has 0 radical (unpaired) electrons. The summed E-state index contributed by atoms with van der Waals surface area (Å²) in [6.07, 6.45) is 2.84. The highest BCUT2D eigenvalue weighted by Gasteiger charge is 2.28. The maximum atomic E-state index is 10.5. The van der Waals surface area contributed by atoms with E-state index in [1.807, 2.05) is 0 Å². The average Bonchev–Trinajstić information content (AvgIpc) is 2.32. The van der Waals surface area contributed by atoms with Crippen molar-refractivity contribution in [2.24, 2.45) is 23.7 Å². The number of rotatable bonds is 8. The Kier molecular flexibility index (Phi) is 7.78. The minimum absolute atomic E-state index is 0.194. The van der Waals surface area contributed by atoms with Gasteiger partial charge in [0.25, 0.3) is 0 Å². The summed E-state index contributed by atoms with van der Waals surface area (Å²) < 4.78 is 0. The standard InChI is InChI=1S/C16H32O/c1-8-12(5)10-15(9-2)16(17)14(7)13(6)11(3)4/h11,13-17H,5,8-10H2,1-4,6-7H3. The Bertz CT molecular complexity index is 220. The minimum atomic E-state index is -0.194. The van der Waals surface area contributed by atoms with Crippen molar-refractivity contribution in [3.05, 3.63) is 12.2 Å². The van der Waals surface area contributed by atoms with E-state index in [1.165, 1.54) is 5.57 Å². The van der Waals surface area contributed by atoms with Crippen LogP contribution >= 0.6 is 0 Å². The first kappa shape index (κ1) is 16.7. The van der Waals surface area contributed by atoms with Crippen LogP contribution in [0.3, 0.4) is 0 Å². The predicted molar refractivity (Wildman–Crippen MR) is 77.0 cm³/mol. The molecule has 0 bridgehead atoms. The first-order chi connectivity index (χ1) is 7.84. The summed E-state index contributed by atoms with van der Waals surface area (Å²) in [6, 6.07) is 0. The van der Waals surface area contributed by atoms with E-state index in [9.17, 15) is 5.11 Å². The molecule has 4 unspecified atom stereocenters. The molecule has 1 nitrogen and oxygen atoms in total. The van der Waals surface area contributed by atoms with Crippen LogP contribution in [0.25, 0.3) is 0 Å². The third-order valence-electron chi connectivity index (χ3n) is 4.48. The van der Waals surface area contributed by atoms with Crippen molar-refractivity contribution >= 4 is 0 Å². The van der Waals surface area contributed by atoms with Crippen LogP contribution in [0.5, 0.6) is 0 Å². The van der Waals surface area contributed by atoms with Crippen LogP contribution < -0.4 is 0 Å². The molecule has 0 saturated heterocycles. The highest BCUT2D eigenvalue weighted by molar-refractivity contribution is 4.96. The van der Waals surface area contributed by atoms with Gasteiger partial charge in [0.05, 0.1) is 6.10 Å². The summed E-state index contributed by atoms with van der Waals surface area (Å²) >= 11 is 0. The first-order valence-corrected chi connectivity index (χ1v) is 7.19. The van der Waals surface area contributed by atoms with E-state index < -0.39 is 0 Å². The van der Waals surface area contributed by atoms with Gasteiger partial charge in [-0.3, -0.25) is 0 Å². The summed E-state index contributed by atoms with van der Waals surface area (Å²) in [5.41, 5.74) is 1.26. The topological polar surface area (TPSA) is 20.2 Å². The lowest BCUT2D eigenvalue weighted by Crippen LogP contribution is -2.33. The SMILES string of the molecule is C=C(CC)CC(CC)C(O)C(C)C(C)C(C)C. The summed E-state index contributed by atoms with van der Waals surface area (Å²) in [5, 5.41) is 10.5. The fraction of sp³-hybridized carbons (Fsp3) is 0.875. The molecule has 0 aromatic rings. The number of aliphatic hydroxyl groups excluding tert-OH is 1. The summed E-state index contributed by atoms with van der Waals surface area (Å²) in [6.45, 7) is 17.3. The molecule has 0 aliphatic carbocycles. The van der Waals surface area contributed by atoms with Gasteiger partial charge in [-0.15, -0.1) is 0 Å². The number of hydrogen-bond donors (Lipinski definition) is 1. The molecule has 0 aromatic heterocycles. The summed E-state index contributed by atoms with van der Waals surface area (Å²) in [7, 11) is 0. The van der Waals surface area contributed by atoms with Gasteiger partial charge in [-0.2, -0.15) is 0 Å². The van der Waals surface area contributed by atoms with Crippen molar-refractivity contribution < 1.29 is 5.11 Å². The maximum Gasteiger partial charge on any atom is 0.0599 e. The monoisotopic (exact) mass is 240 g/mol. The van der Waals surface area contributed by atoms with Crippen molar-refractivity contribution in [3.63, 3.8) is 0 Å². The fourth-order valence-electron chi connectivity index (χ4n) is 2.37. The molecule has 1 N–H and O–H groups in total. The second-order valence-corrected chi connectivity index (χ2v) is 5.93. The second-order valence-electron chi connectivity index (χ2n) is 5.93. The molecule has 0 heterocycles. The van der Waals surface area contributed by atoms with Crippen molar-refractivity contribution in [2.75, 3.05) is 0 Å². The predicted octanol–water partition coefficient (Wildman–Crippen LogP) is 4.66. The Morgan fingerprint density at radius 3 is 1.94 bits per heavy atom. The lowest BCUT2D eigenvalue weighted by molar-refractivity contribution is 0.0229. The Morgan fingerprint density at radius 1 is 1.06 bits per heavy atom. The molecule has 0 rings (SSSR count). The lowest BCUT2D eigenvalue weighted by atomic mass is 9.76. The minimum Gasteiger partial charge on any atom is -0.393 e. The van der Waals surface area contributed by atoms with Crippen molar-refractivity contribution in [1.29, 1.82) is 0 Å². The molecule has 0 fully saturated rings. The highest BCUT2D eigenvalue weighted by Crippen LogP contribution is 2.30. The zero-order valence-electron chi connectivity index (χ0n) is 12.7. The molecule has 0 spiro atoms. The maximum absolute atomic E-state index is 10.5. The van der Waals surface area contributed by atoms with Gasteiger partial charge in [0, 0.05) is 0 Å². The Balaban J connectivity index is 4.51. The fourth-order valence-corrected chi connectivity index (χ4v) is 2.37. The number of hydrogen-bond acceptors (Lipinski definition) is 1. The van der Waals surface area contributed by atoms with E-state index in [1.54, 1.807) is 0 Å². The van der Waals surface area contributed by atoms with Gasteiger partial charge in [-0.25, -0.2) is 0 Å². The van der Waals surface area contributed by atoms with Gasteiger partial charge in [0.1, 0.15) is 0 Å². The normalized spacial score (nSPS) is 18.8. The molecular formula is C16H32O. The largest absolute Gasteiger partial charge is 0.393 e. The van der Waals surface area contributed by atoms with Crippen LogP contribution in [-0.2, 0) is 0 Å². The highest BCUT2D eigenvalue weighted by atomic mass is 16.3. The zero-order valence-corrected chi connectivity index (χ0v) is 12.7. The quantitative estimate of drug-likeness (QED) is 0.612. The van der Waals surface area contributed by atoms with Crippen LogP contribution in [-0.4, -0.2) is 11.2 Å². The molecule has 0 aliphatic rings. The molecule has 0 saturated carbocycles. The lowest BCUT2D eigenvalue weighted by Gasteiger charge is -2.33. The van der Waals surface area contributed by atoms with E-state index in [4.69, 9.17) is 0 Å². The van der Waals surface area contributed by atoms with E-state index in [0.717, 1.165) is 19.3 Å². The van der Waals surface area contributed by atoms with E-state index in [-0.39, 0.29) is 6.10 Å². The van der Waals surface area contributed by atoms with Gasteiger partial charge in [-0.05, 0) is 36.5 Å². The van der Waals surface area contributed by atoms with E-state index in [2.05, 4.69) is 48.1 Å². The summed E-state index contributed by atoms with van der Waals surface area (Å²) in [5.74, 6) is 1.93. The van der Waals surface area contributed by atoms with Gasteiger partial charge in [0.15, 0.2) is 0 Å². The van der Waals surface area contributed by atoms with Gasteiger partial charge >= 0.3 is 0 Å². The number of aliphatic hydroxyl groups is 1. The molecule has 0 aliphatic heterocycles. The first-order valence-electron chi connectivity index (χ1n) is 7.19. The van der Waals surface area contributed by atoms with Crippen molar-refractivity contribution in [1.82, 2.24) is 0 Å². The Labute approximate surface area is 108 Å². The summed E-state index contributed by atoms with van der Waals surface area (Å²) in [4.78, 5) is 0. The van der Waals surface area contributed by atoms with Gasteiger partial charge in [-0.1, -0.05) is 60.1 Å². The van der Waals surface area contributed by atoms with Crippen LogP contribution in [0.4, 0.5) is 0 Å². The third-order valence-corrected chi connectivity index (χ3v) is 4.48. The Hall–Kier alpha value is -0.300. The Morgan fingerprint density at radius 2 is 1.59 bits per heavy atom. The third kappa shape index (κ3) is 5.25. The zero-order chi connectivity index (χ0) is 13.6. The van der Waals surface area contributed by atoms with E-state index in [0.29, 0.717) is 23.7 Å². The van der Waals surface area contributed by atoms with Crippen LogP contribution in [0.1, 0.15) is 60.8 Å². The van der Waals surface area contributed by atoms with E-state index >= 15 is 0 Å². The van der Waals surface area contributed by atoms with Crippen LogP contribution in [0.2, 0.25) is 0 Å². The molecule has 0 aromatic carbocycles. The smallest absolute Gasteiger partial charge is 0.0599 e. The van der Waals surface area contributed by atoms with Crippen molar-refractivity contribution in [2.45, 2.75) is 66.9 Å². The van der Waals surface area contributed by atoms with Gasteiger partial charge in [0.2, 0.25) is 0 Å². The molecule has 102 valence electrons. The molecule has 0 amide bonds. The molecule has 1 heteroatoms. The van der Waals surface area contributed by atoms with Crippen LogP contribution in [0.15, 0.2) is 12.2 Å². The van der Waals surface area contributed by atoms with Crippen molar-refractivity contribution in [3.8, 4) is 0 Å². The number of allylic oxidation sites excluding steroid dienone is 1. The van der Waals surface area contributed by atoms with Gasteiger partial charge < -0.3 is 5.11 Å². The molecule has 4 atom stereocenters.